The monoisotopic (exact) mass is 368 g/mol. The number of likely N-dealkylation sites (tertiary alicyclic amines) is 1. The Kier molecular flexibility index (Phi) is 5.16. The standard InChI is InChI=1S/C19H20N4O4/c1-11-5-4-6-14(12(11)2)15-8-21-16(9-20-15)18(24)23-10-13(22-27-3)7-17(23)19(25)26/h4-6,8-9,17H,7,10H2,1-3H3,(H,25,26)/b22-13-. The number of oxime groups is 1. The van der Waals surface area contributed by atoms with E-state index in [2.05, 4.69) is 15.1 Å². The lowest BCUT2D eigenvalue weighted by Gasteiger charge is -2.20. The van der Waals surface area contributed by atoms with Crippen LogP contribution in [0.1, 0.15) is 28.0 Å². The van der Waals surface area contributed by atoms with Crippen molar-refractivity contribution in [1.29, 1.82) is 0 Å². The Balaban J connectivity index is 1.86. The number of carbonyl (C=O) groups excluding carboxylic acids is 1. The van der Waals surface area contributed by atoms with Gasteiger partial charge in [0.1, 0.15) is 18.8 Å². The van der Waals surface area contributed by atoms with Gasteiger partial charge in [0.2, 0.25) is 0 Å². The van der Waals surface area contributed by atoms with Crippen LogP contribution in [0.4, 0.5) is 0 Å². The van der Waals surface area contributed by atoms with Crippen molar-refractivity contribution in [1.82, 2.24) is 14.9 Å². The molecule has 1 N–H and O–H groups in total. The Morgan fingerprint density at radius 1 is 1.26 bits per heavy atom. The summed E-state index contributed by atoms with van der Waals surface area (Å²) in [4.78, 5) is 38.7. The normalized spacial score (nSPS) is 18.0. The van der Waals surface area contributed by atoms with E-state index in [1.165, 1.54) is 24.4 Å². The van der Waals surface area contributed by atoms with Crippen LogP contribution in [-0.4, -0.2) is 57.3 Å². The lowest BCUT2D eigenvalue weighted by molar-refractivity contribution is -0.141. The molecule has 0 radical (unpaired) electrons. The van der Waals surface area contributed by atoms with Crippen LogP contribution in [0.2, 0.25) is 0 Å². The molecule has 0 saturated carbocycles. The van der Waals surface area contributed by atoms with E-state index in [4.69, 9.17) is 4.84 Å². The summed E-state index contributed by atoms with van der Waals surface area (Å²) in [6.07, 6.45) is 3.04. The van der Waals surface area contributed by atoms with Crippen LogP contribution < -0.4 is 0 Å². The topological polar surface area (TPSA) is 105 Å². The molecule has 1 aromatic carbocycles. The fraction of sp³-hybridized carbons (Fsp3) is 0.316. The van der Waals surface area contributed by atoms with Crippen molar-refractivity contribution in [3.63, 3.8) is 0 Å². The number of hydrogen-bond acceptors (Lipinski definition) is 6. The van der Waals surface area contributed by atoms with Crippen LogP contribution in [0.3, 0.4) is 0 Å². The van der Waals surface area contributed by atoms with Gasteiger partial charge in [0, 0.05) is 12.0 Å². The zero-order valence-corrected chi connectivity index (χ0v) is 15.3. The molecule has 1 aromatic heterocycles. The highest BCUT2D eigenvalue weighted by atomic mass is 16.6. The largest absolute Gasteiger partial charge is 0.480 e. The summed E-state index contributed by atoms with van der Waals surface area (Å²) < 4.78 is 0. The van der Waals surface area contributed by atoms with E-state index in [1.54, 1.807) is 0 Å². The maximum atomic E-state index is 12.7. The van der Waals surface area contributed by atoms with Gasteiger partial charge >= 0.3 is 5.97 Å². The minimum Gasteiger partial charge on any atom is -0.480 e. The summed E-state index contributed by atoms with van der Waals surface area (Å²) in [6.45, 7) is 4.11. The van der Waals surface area contributed by atoms with Crippen molar-refractivity contribution in [2.24, 2.45) is 5.16 Å². The first-order valence-corrected chi connectivity index (χ1v) is 8.43. The Morgan fingerprint density at radius 3 is 2.67 bits per heavy atom. The summed E-state index contributed by atoms with van der Waals surface area (Å²) in [7, 11) is 1.38. The number of nitrogens with zero attached hydrogens (tertiary/aromatic N) is 4. The van der Waals surface area contributed by atoms with E-state index in [0.29, 0.717) is 11.4 Å². The number of hydrogen-bond donors (Lipinski definition) is 1. The second-order valence-electron chi connectivity index (χ2n) is 6.37. The molecule has 0 bridgehead atoms. The first kappa shape index (κ1) is 18.5. The van der Waals surface area contributed by atoms with Gasteiger partial charge in [-0.15, -0.1) is 0 Å². The summed E-state index contributed by atoms with van der Waals surface area (Å²) in [6, 6.07) is 4.91. The average Bonchev–Trinajstić information content (AvgIpc) is 3.08. The average molecular weight is 368 g/mol. The van der Waals surface area contributed by atoms with E-state index in [-0.39, 0.29) is 18.7 Å². The molecule has 1 amide bonds. The van der Waals surface area contributed by atoms with Crippen molar-refractivity contribution in [2.75, 3.05) is 13.7 Å². The van der Waals surface area contributed by atoms with E-state index < -0.39 is 17.9 Å². The molecule has 27 heavy (non-hydrogen) atoms. The molecule has 1 aliphatic rings. The molecular weight excluding hydrogens is 348 g/mol. The molecule has 2 heterocycles. The number of aliphatic carboxylic acids is 1. The van der Waals surface area contributed by atoms with Gasteiger partial charge in [-0.25, -0.2) is 9.78 Å². The van der Waals surface area contributed by atoms with Crippen molar-refractivity contribution in [3.8, 4) is 11.3 Å². The van der Waals surface area contributed by atoms with E-state index in [1.807, 2.05) is 32.0 Å². The number of rotatable bonds is 4. The molecule has 1 unspecified atom stereocenters. The van der Waals surface area contributed by atoms with E-state index >= 15 is 0 Å². The quantitative estimate of drug-likeness (QED) is 0.828. The first-order valence-electron chi connectivity index (χ1n) is 8.43. The number of aryl methyl sites for hydroxylation is 1. The number of carboxylic acids is 1. The Bertz CT molecular complexity index is 908. The molecule has 1 aliphatic heterocycles. The minimum absolute atomic E-state index is 0.0874. The van der Waals surface area contributed by atoms with Crippen molar-refractivity contribution in [2.45, 2.75) is 26.3 Å². The van der Waals surface area contributed by atoms with E-state index in [0.717, 1.165) is 16.7 Å². The molecule has 8 nitrogen and oxygen atoms in total. The predicted octanol–water partition coefficient (Wildman–Crippen LogP) is 2.06. The van der Waals surface area contributed by atoms with Crippen molar-refractivity contribution in [3.05, 3.63) is 47.4 Å². The fourth-order valence-corrected chi connectivity index (χ4v) is 3.09. The number of carbonyl (C=O) groups is 2. The van der Waals surface area contributed by atoms with E-state index in [9.17, 15) is 14.7 Å². The third-order valence-electron chi connectivity index (χ3n) is 4.68. The lowest BCUT2D eigenvalue weighted by Crippen LogP contribution is -2.40. The highest BCUT2D eigenvalue weighted by molar-refractivity contribution is 6.03. The Labute approximate surface area is 156 Å². The maximum Gasteiger partial charge on any atom is 0.326 e. The summed E-state index contributed by atoms with van der Waals surface area (Å²) >= 11 is 0. The fourth-order valence-electron chi connectivity index (χ4n) is 3.09. The molecule has 3 rings (SSSR count). The molecular formula is C19H20N4O4. The second-order valence-corrected chi connectivity index (χ2v) is 6.37. The Morgan fingerprint density at radius 2 is 2.04 bits per heavy atom. The highest BCUT2D eigenvalue weighted by Crippen LogP contribution is 2.24. The van der Waals surface area contributed by atoms with Crippen molar-refractivity contribution >= 4 is 17.6 Å². The van der Waals surface area contributed by atoms with Gasteiger partial charge < -0.3 is 14.8 Å². The number of aromatic nitrogens is 2. The summed E-state index contributed by atoms with van der Waals surface area (Å²) in [5.74, 6) is -1.59. The zero-order valence-electron chi connectivity index (χ0n) is 15.3. The molecule has 1 saturated heterocycles. The van der Waals surface area contributed by atoms with Gasteiger partial charge in [0.25, 0.3) is 5.91 Å². The molecule has 1 atom stereocenters. The molecule has 0 aliphatic carbocycles. The number of carboxylic acid groups (broad SMARTS) is 1. The van der Waals surface area contributed by atoms with Crippen LogP contribution >= 0.6 is 0 Å². The van der Waals surface area contributed by atoms with Gasteiger partial charge in [0.15, 0.2) is 0 Å². The lowest BCUT2D eigenvalue weighted by atomic mass is 10.0. The molecule has 2 aromatic rings. The molecule has 140 valence electrons. The van der Waals surface area contributed by atoms with Crippen LogP contribution in [0.5, 0.6) is 0 Å². The van der Waals surface area contributed by atoms with Crippen LogP contribution in [0, 0.1) is 13.8 Å². The second kappa shape index (κ2) is 7.53. The van der Waals surface area contributed by atoms with Crippen LogP contribution in [0.15, 0.2) is 35.7 Å². The molecule has 1 fully saturated rings. The van der Waals surface area contributed by atoms with Gasteiger partial charge in [-0.2, -0.15) is 0 Å². The summed E-state index contributed by atoms with van der Waals surface area (Å²) in [5, 5.41) is 13.2. The number of amides is 1. The molecule has 0 spiro atoms. The van der Waals surface area contributed by atoms with Gasteiger partial charge in [0.05, 0.1) is 30.3 Å². The smallest absolute Gasteiger partial charge is 0.326 e. The van der Waals surface area contributed by atoms with Gasteiger partial charge in [-0.1, -0.05) is 23.4 Å². The minimum atomic E-state index is -1.09. The Hall–Kier alpha value is -3.29. The van der Waals surface area contributed by atoms with Gasteiger partial charge in [-0.3, -0.25) is 9.78 Å². The first-order chi connectivity index (χ1) is 12.9. The highest BCUT2D eigenvalue weighted by Gasteiger charge is 2.39. The third-order valence-corrected chi connectivity index (χ3v) is 4.68. The van der Waals surface area contributed by atoms with Gasteiger partial charge in [-0.05, 0) is 25.0 Å². The number of benzene rings is 1. The summed E-state index contributed by atoms with van der Waals surface area (Å²) in [5.41, 5.74) is 4.43. The zero-order chi connectivity index (χ0) is 19.6. The van der Waals surface area contributed by atoms with Crippen molar-refractivity contribution < 1.29 is 19.5 Å². The SMILES string of the molecule is CO/N=C1/CC(C(=O)O)N(C(=O)c2cnc(-c3cccc(C)c3C)cn2)C1. The van der Waals surface area contributed by atoms with Crippen LogP contribution in [0.25, 0.3) is 11.3 Å². The van der Waals surface area contributed by atoms with Crippen LogP contribution in [-0.2, 0) is 9.63 Å². The third kappa shape index (κ3) is 3.64. The maximum absolute atomic E-state index is 12.7. The molecule has 8 heteroatoms. The predicted molar refractivity (Wildman–Crippen MR) is 98.5 cm³/mol.